The molecule has 2 rings (SSSR count). The van der Waals surface area contributed by atoms with Crippen LogP contribution in [0.2, 0.25) is 0 Å². The van der Waals surface area contributed by atoms with Crippen LogP contribution in [0, 0.1) is 0 Å². The zero-order chi connectivity index (χ0) is 19.4. The zero-order valence-electron chi connectivity index (χ0n) is 13.8. The summed E-state index contributed by atoms with van der Waals surface area (Å²) in [5.41, 5.74) is 0. The van der Waals surface area contributed by atoms with E-state index in [0.29, 0.717) is 11.1 Å². The lowest BCUT2D eigenvalue weighted by molar-refractivity contribution is -0.140. The molecule has 0 amide bonds. The van der Waals surface area contributed by atoms with E-state index < -0.39 is 17.9 Å². The van der Waals surface area contributed by atoms with Gasteiger partial charge >= 0.3 is 5.97 Å². The molecule has 0 aliphatic rings. The first-order valence-corrected chi connectivity index (χ1v) is 12.0. The van der Waals surface area contributed by atoms with E-state index in [1.54, 1.807) is 24.3 Å². The van der Waals surface area contributed by atoms with Crippen molar-refractivity contribution in [2.75, 3.05) is 12.4 Å². The van der Waals surface area contributed by atoms with E-state index in [9.17, 15) is 14.5 Å². The van der Waals surface area contributed by atoms with Crippen LogP contribution in [0.15, 0.2) is 78.2 Å². The van der Waals surface area contributed by atoms with Gasteiger partial charge in [-0.3, -0.25) is 4.57 Å². The molecule has 0 saturated heterocycles. The molecule has 0 heterocycles. The summed E-state index contributed by atoms with van der Waals surface area (Å²) in [6, 6.07) is 18.3. The molecule has 2 aromatic carbocycles. The summed E-state index contributed by atoms with van der Waals surface area (Å²) in [6.07, 6.45) is 0.422. The van der Waals surface area contributed by atoms with Crippen molar-refractivity contribution in [2.45, 2.75) is 11.0 Å². The summed E-state index contributed by atoms with van der Waals surface area (Å²) in [4.78, 5) is 11.8. The van der Waals surface area contributed by atoms with Crippen molar-refractivity contribution in [1.82, 2.24) is 0 Å². The van der Waals surface area contributed by atoms with Gasteiger partial charge in [-0.2, -0.15) is 0 Å². The normalized spacial score (nSPS) is 11.7. The molecule has 4 nitrogen and oxygen atoms in total. The van der Waals surface area contributed by atoms with Crippen molar-refractivity contribution in [3.05, 3.63) is 73.3 Å². The van der Waals surface area contributed by atoms with Gasteiger partial charge in [0, 0.05) is 22.0 Å². The summed E-state index contributed by atoms with van der Waals surface area (Å²) in [7, 11) is 0. The number of carbonyl (C=O) groups is 1. The first-order chi connectivity index (χ1) is 12.3. The Morgan fingerprint density at radius 2 is 1.69 bits per heavy atom. The highest BCUT2D eigenvalue weighted by Gasteiger charge is 2.15. The molecule has 0 radical (unpaired) electrons. The fourth-order valence-corrected chi connectivity index (χ4v) is 3.62. The van der Waals surface area contributed by atoms with Crippen LogP contribution < -0.4 is 5.30 Å². The van der Waals surface area contributed by atoms with Gasteiger partial charge < -0.3 is 9.84 Å². The summed E-state index contributed by atoms with van der Waals surface area (Å²) in [5, 5.41) is 10.0. The minimum Gasteiger partial charge on any atom is -0.460 e. The lowest BCUT2D eigenvalue weighted by Crippen LogP contribution is -2.19. The molecule has 0 fully saturated rings. The molecule has 140 valence electrons. The lowest BCUT2D eigenvalue weighted by Gasteiger charge is -2.09. The first-order valence-electron chi connectivity index (χ1n) is 7.53. The molecule has 0 aromatic heterocycles. The van der Waals surface area contributed by atoms with E-state index in [0.717, 1.165) is 11.0 Å². The smallest absolute Gasteiger partial charge is 0.330 e. The van der Waals surface area contributed by atoms with E-state index in [4.69, 9.17) is 27.2 Å². The van der Waals surface area contributed by atoms with Crippen LogP contribution in [0.1, 0.15) is 0 Å². The van der Waals surface area contributed by atoms with Crippen molar-refractivity contribution in [3.8, 4) is 0 Å². The Balaban J connectivity index is 0.000000289. The molecule has 0 aliphatic carbocycles. The number of aliphatic hydroxyl groups is 1. The number of carbonyl (C=O) groups excluding carboxylic acids is 1. The van der Waals surface area contributed by atoms with Gasteiger partial charge in [-0.15, -0.1) is 11.8 Å². The van der Waals surface area contributed by atoms with Gasteiger partial charge in [0.2, 0.25) is 0 Å². The van der Waals surface area contributed by atoms with Crippen molar-refractivity contribution in [1.29, 1.82) is 0 Å². The van der Waals surface area contributed by atoms with Crippen molar-refractivity contribution in [2.24, 2.45) is 0 Å². The fourth-order valence-electron chi connectivity index (χ4n) is 1.60. The van der Waals surface area contributed by atoms with Crippen LogP contribution in [0.3, 0.4) is 0 Å². The number of rotatable bonds is 7. The quantitative estimate of drug-likeness (QED) is 0.293. The van der Waals surface area contributed by atoms with Crippen molar-refractivity contribution >= 4 is 51.4 Å². The van der Waals surface area contributed by atoms with E-state index in [-0.39, 0.29) is 6.61 Å². The maximum Gasteiger partial charge on any atom is 0.330 e. The Bertz CT molecular complexity index is 722. The maximum atomic E-state index is 10.9. The highest BCUT2D eigenvalue weighted by atomic mass is 35.9. The number of aliphatic hydroxyl groups excluding tert-OH is 1. The average molecular weight is 433 g/mol. The number of benzene rings is 2. The summed E-state index contributed by atoms with van der Waals surface area (Å²) < 4.78 is 15.7. The van der Waals surface area contributed by atoms with Crippen LogP contribution >= 0.6 is 40.1 Å². The van der Waals surface area contributed by atoms with Crippen molar-refractivity contribution < 1.29 is 19.2 Å². The van der Waals surface area contributed by atoms with E-state index in [1.807, 2.05) is 36.4 Å². The first kappa shape index (κ1) is 22.8. The van der Waals surface area contributed by atoms with Gasteiger partial charge in [-0.05, 0) is 46.7 Å². The van der Waals surface area contributed by atoms with Crippen LogP contribution in [-0.4, -0.2) is 29.5 Å². The molecule has 2 aromatic rings. The van der Waals surface area contributed by atoms with Gasteiger partial charge in [0.25, 0.3) is 5.85 Å². The molecule has 1 N–H and O–H groups in total. The average Bonchev–Trinajstić information content (AvgIpc) is 2.65. The molecular formula is C18H19Cl2O4PS. The van der Waals surface area contributed by atoms with Crippen LogP contribution in [-0.2, 0) is 14.1 Å². The molecular weight excluding hydrogens is 414 g/mol. The summed E-state index contributed by atoms with van der Waals surface area (Å²) in [6.45, 7) is 3.28. The van der Waals surface area contributed by atoms with Crippen molar-refractivity contribution in [3.63, 3.8) is 0 Å². The predicted octanol–water partition coefficient (Wildman–Crippen LogP) is 4.85. The number of hydrogen-bond acceptors (Lipinski definition) is 5. The molecule has 8 heteroatoms. The largest absolute Gasteiger partial charge is 0.460 e. The Morgan fingerprint density at radius 1 is 1.15 bits per heavy atom. The molecule has 0 aliphatic heterocycles. The number of hydrogen-bond donors (Lipinski definition) is 1. The minimum absolute atomic E-state index is 0.00465. The third kappa shape index (κ3) is 10.0. The minimum atomic E-state index is -3.07. The SMILES string of the molecule is C=CC(=O)OCC(O)CSc1ccccc1.O=P(Cl)(Cl)c1ccccc1. The molecule has 1 unspecified atom stereocenters. The number of esters is 1. The maximum absolute atomic E-state index is 10.9. The molecule has 1 atom stereocenters. The predicted molar refractivity (Wildman–Crippen MR) is 110 cm³/mol. The van der Waals surface area contributed by atoms with Crippen LogP contribution in [0.4, 0.5) is 0 Å². The number of thioether (sulfide) groups is 1. The Morgan fingerprint density at radius 3 is 2.15 bits per heavy atom. The summed E-state index contributed by atoms with van der Waals surface area (Å²) in [5.74, 6) is -3.09. The molecule has 0 bridgehead atoms. The monoisotopic (exact) mass is 432 g/mol. The van der Waals surface area contributed by atoms with Crippen LogP contribution in [0.5, 0.6) is 0 Å². The molecule has 0 saturated carbocycles. The Hall–Kier alpha value is -1.23. The zero-order valence-corrected chi connectivity index (χ0v) is 17.1. The standard InChI is InChI=1S/C12H14O3S.C6H5Cl2OP/c1-2-12(14)15-8-10(13)9-16-11-6-4-3-5-7-11;7-10(8,9)6-4-2-1-3-5-6/h2-7,10,13H,1,8-9H2;1-5H. The molecule has 26 heavy (non-hydrogen) atoms. The topological polar surface area (TPSA) is 63.6 Å². The Labute approximate surface area is 167 Å². The second-order valence-electron chi connectivity index (χ2n) is 4.91. The number of halogens is 2. The highest BCUT2D eigenvalue weighted by molar-refractivity contribution is 8.13. The second-order valence-corrected chi connectivity index (χ2v) is 10.8. The van der Waals surface area contributed by atoms with Gasteiger partial charge in [0.1, 0.15) is 6.61 Å². The van der Waals surface area contributed by atoms with Gasteiger partial charge in [-0.1, -0.05) is 43.0 Å². The van der Waals surface area contributed by atoms with Crippen LogP contribution in [0.25, 0.3) is 0 Å². The molecule has 0 spiro atoms. The van der Waals surface area contributed by atoms with E-state index in [2.05, 4.69) is 6.58 Å². The summed E-state index contributed by atoms with van der Waals surface area (Å²) >= 11 is 12.3. The third-order valence-corrected chi connectivity index (χ3v) is 6.05. The van der Waals surface area contributed by atoms with Gasteiger partial charge in [-0.25, -0.2) is 4.79 Å². The van der Waals surface area contributed by atoms with Gasteiger partial charge in [0.05, 0.1) is 6.10 Å². The Kier molecular flexibility index (Phi) is 10.7. The number of ether oxygens (including phenoxy) is 1. The van der Waals surface area contributed by atoms with E-state index >= 15 is 0 Å². The van der Waals surface area contributed by atoms with Gasteiger partial charge in [0.15, 0.2) is 0 Å². The third-order valence-electron chi connectivity index (χ3n) is 2.83. The van der Waals surface area contributed by atoms with E-state index in [1.165, 1.54) is 11.8 Å². The highest BCUT2D eigenvalue weighted by Crippen LogP contribution is 2.54. The second kappa shape index (κ2) is 12.2. The fraction of sp³-hybridized carbons (Fsp3) is 0.167. The lowest BCUT2D eigenvalue weighted by atomic mass is 10.4.